The first-order valence-electron chi connectivity index (χ1n) is 12.4. The summed E-state index contributed by atoms with van der Waals surface area (Å²) in [5, 5.41) is 9.74. The van der Waals surface area contributed by atoms with Crippen LogP contribution in [0.25, 0.3) is 0 Å². The monoisotopic (exact) mass is 495 g/mol. The Hall–Kier alpha value is -2.90. The highest BCUT2D eigenvalue weighted by molar-refractivity contribution is 6.30. The van der Waals surface area contributed by atoms with Crippen LogP contribution in [-0.4, -0.2) is 73.2 Å². The van der Waals surface area contributed by atoms with Crippen LogP contribution in [0, 0.1) is 6.92 Å². The third-order valence-electron chi connectivity index (χ3n) is 6.56. The lowest BCUT2D eigenvalue weighted by molar-refractivity contribution is -0.132. The molecule has 0 saturated carbocycles. The van der Waals surface area contributed by atoms with Crippen molar-refractivity contribution in [3.05, 3.63) is 64.7 Å². The SMILES string of the molecule is Cc1ccc(C2=NN(CCC(=O)NCCCN3CCN(c4cccc(Cl)c4)CC3)C(=O)CC2)cc1. The van der Waals surface area contributed by atoms with Crippen molar-refractivity contribution in [2.75, 3.05) is 50.7 Å². The van der Waals surface area contributed by atoms with E-state index in [2.05, 4.69) is 26.3 Å². The Kier molecular flexibility index (Phi) is 8.77. The molecule has 0 aliphatic carbocycles. The lowest BCUT2D eigenvalue weighted by Crippen LogP contribution is -2.47. The Morgan fingerprint density at radius 3 is 2.54 bits per heavy atom. The fraction of sp³-hybridized carbons (Fsp3) is 0.444. The van der Waals surface area contributed by atoms with Gasteiger partial charge in [0.2, 0.25) is 11.8 Å². The second-order valence-electron chi connectivity index (χ2n) is 9.19. The highest BCUT2D eigenvalue weighted by Crippen LogP contribution is 2.21. The zero-order valence-electron chi connectivity index (χ0n) is 20.4. The number of hydrogen-bond acceptors (Lipinski definition) is 5. The van der Waals surface area contributed by atoms with Crippen LogP contribution < -0.4 is 10.2 Å². The van der Waals surface area contributed by atoms with E-state index < -0.39 is 0 Å². The minimum absolute atomic E-state index is 0.0226. The Balaban J connectivity index is 1.13. The number of rotatable bonds is 9. The molecule has 2 aromatic carbocycles. The molecule has 2 aromatic rings. The molecule has 1 fully saturated rings. The average molecular weight is 496 g/mol. The van der Waals surface area contributed by atoms with Gasteiger partial charge in [-0.2, -0.15) is 5.10 Å². The maximum atomic E-state index is 12.3. The first-order chi connectivity index (χ1) is 17.0. The van der Waals surface area contributed by atoms with E-state index in [1.54, 1.807) is 0 Å². The first-order valence-corrected chi connectivity index (χ1v) is 12.8. The van der Waals surface area contributed by atoms with Gasteiger partial charge in [-0.3, -0.25) is 14.5 Å². The van der Waals surface area contributed by atoms with Gasteiger partial charge in [0.05, 0.1) is 12.3 Å². The van der Waals surface area contributed by atoms with Gasteiger partial charge in [0.25, 0.3) is 0 Å². The predicted octanol–water partition coefficient (Wildman–Crippen LogP) is 3.69. The van der Waals surface area contributed by atoms with E-state index in [4.69, 9.17) is 11.6 Å². The number of nitrogens with one attached hydrogen (secondary N) is 1. The number of benzene rings is 2. The predicted molar refractivity (Wildman–Crippen MR) is 141 cm³/mol. The van der Waals surface area contributed by atoms with E-state index in [0.29, 0.717) is 25.9 Å². The number of carbonyl (C=O) groups is 2. The molecule has 0 aromatic heterocycles. The van der Waals surface area contributed by atoms with E-state index >= 15 is 0 Å². The molecule has 0 atom stereocenters. The molecule has 1 saturated heterocycles. The highest BCUT2D eigenvalue weighted by atomic mass is 35.5. The van der Waals surface area contributed by atoms with Gasteiger partial charge >= 0.3 is 0 Å². The molecular formula is C27H34ClN5O2. The van der Waals surface area contributed by atoms with Crippen molar-refractivity contribution < 1.29 is 9.59 Å². The van der Waals surface area contributed by atoms with Crippen molar-refractivity contribution in [2.45, 2.75) is 32.6 Å². The number of nitrogens with zero attached hydrogens (tertiary/aromatic N) is 4. The number of piperazine rings is 1. The lowest BCUT2D eigenvalue weighted by atomic mass is 10.0. The van der Waals surface area contributed by atoms with Gasteiger partial charge in [-0.15, -0.1) is 0 Å². The molecule has 35 heavy (non-hydrogen) atoms. The molecule has 2 amide bonds. The smallest absolute Gasteiger partial charge is 0.243 e. The molecule has 0 unspecified atom stereocenters. The van der Waals surface area contributed by atoms with Crippen LogP contribution in [0.1, 0.15) is 36.8 Å². The molecule has 0 radical (unpaired) electrons. The normalized spacial score (nSPS) is 16.9. The van der Waals surface area contributed by atoms with E-state index in [-0.39, 0.29) is 18.2 Å². The van der Waals surface area contributed by atoms with Crippen LogP contribution in [-0.2, 0) is 9.59 Å². The Morgan fingerprint density at radius 2 is 1.80 bits per heavy atom. The second kappa shape index (κ2) is 12.2. The van der Waals surface area contributed by atoms with Gasteiger partial charge in [-0.25, -0.2) is 5.01 Å². The first kappa shape index (κ1) is 25.2. The Bertz CT molecular complexity index is 1050. The average Bonchev–Trinajstić information content (AvgIpc) is 2.87. The molecule has 2 aliphatic heterocycles. The summed E-state index contributed by atoms with van der Waals surface area (Å²) in [5.41, 5.74) is 4.30. The molecule has 1 N–H and O–H groups in total. The van der Waals surface area contributed by atoms with E-state index in [0.717, 1.165) is 55.4 Å². The van der Waals surface area contributed by atoms with Crippen molar-refractivity contribution >= 4 is 34.8 Å². The molecular weight excluding hydrogens is 462 g/mol. The number of halogens is 1. The standard InChI is InChI=1S/C27H34ClN5O2/c1-21-6-8-22(9-7-21)25-10-11-27(35)33(30-25)15-12-26(34)29-13-3-14-31-16-18-32(19-17-31)24-5-2-4-23(28)20-24/h2,4-9,20H,3,10-19H2,1H3,(H,29,34). The summed E-state index contributed by atoms with van der Waals surface area (Å²) >= 11 is 6.12. The maximum absolute atomic E-state index is 12.3. The van der Waals surface area contributed by atoms with Crippen LogP contribution in [0.3, 0.4) is 0 Å². The Labute approximate surface area is 212 Å². The van der Waals surface area contributed by atoms with Gasteiger partial charge < -0.3 is 10.2 Å². The number of amides is 2. The minimum Gasteiger partial charge on any atom is -0.369 e. The fourth-order valence-corrected chi connectivity index (χ4v) is 4.64. The highest BCUT2D eigenvalue weighted by Gasteiger charge is 2.22. The summed E-state index contributed by atoms with van der Waals surface area (Å²) in [7, 11) is 0. The fourth-order valence-electron chi connectivity index (χ4n) is 4.46. The second-order valence-corrected chi connectivity index (χ2v) is 9.63. The molecule has 4 rings (SSSR count). The molecule has 7 nitrogen and oxygen atoms in total. The molecule has 2 aliphatic rings. The molecule has 2 heterocycles. The van der Waals surface area contributed by atoms with E-state index in [9.17, 15) is 9.59 Å². The quantitative estimate of drug-likeness (QED) is 0.539. The summed E-state index contributed by atoms with van der Waals surface area (Å²) in [6.07, 6.45) is 2.23. The van der Waals surface area contributed by atoms with Crippen LogP contribution in [0.2, 0.25) is 5.02 Å². The number of anilines is 1. The molecule has 8 heteroatoms. The van der Waals surface area contributed by atoms with Crippen molar-refractivity contribution in [1.82, 2.24) is 15.2 Å². The number of carbonyl (C=O) groups excluding carboxylic acids is 2. The van der Waals surface area contributed by atoms with Gasteiger partial charge in [-0.05, 0) is 43.7 Å². The van der Waals surface area contributed by atoms with Gasteiger partial charge in [0.1, 0.15) is 0 Å². The van der Waals surface area contributed by atoms with Crippen molar-refractivity contribution in [3.63, 3.8) is 0 Å². The summed E-state index contributed by atoms with van der Waals surface area (Å²) < 4.78 is 0. The topological polar surface area (TPSA) is 68.2 Å². The van der Waals surface area contributed by atoms with Crippen molar-refractivity contribution in [2.24, 2.45) is 5.10 Å². The van der Waals surface area contributed by atoms with Crippen LogP contribution in [0.4, 0.5) is 5.69 Å². The largest absolute Gasteiger partial charge is 0.369 e. The van der Waals surface area contributed by atoms with Gasteiger partial charge in [0.15, 0.2) is 0 Å². The Morgan fingerprint density at radius 1 is 1.03 bits per heavy atom. The number of hydrazone groups is 1. The van der Waals surface area contributed by atoms with Crippen LogP contribution in [0.5, 0.6) is 0 Å². The van der Waals surface area contributed by atoms with Gasteiger partial charge in [-0.1, -0.05) is 47.5 Å². The lowest BCUT2D eigenvalue weighted by Gasteiger charge is -2.36. The minimum atomic E-state index is -0.0405. The summed E-state index contributed by atoms with van der Waals surface area (Å²) in [6.45, 7) is 7.90. The zero-order valence-corrected chi connectivity index (χ0v) is 21.1. The van der Waals surface area contributed by atoms with Gasteiger partial charge in [0, 0.05) is 62.7 Å². The third kappa shape index (κ3) is 7.29. The number of hydrogen-bond donors (Lipinski definition) is 1. The van der Waals surface area contributed by atoms with E-state index in [1.807, 2.05) is 49.4 Å². The van der Waals surface area contributed by atoms with Crippen molar-refractivity contribution in [3.8, 4) is 0 Å². The third-order valence-corrected chi connectivity index (χ3v) is 6.79. The molecule has 0 bridgehead atoms. The van der Waals surface area contributed by atoms with Crippen LogP contribution in [0.15, 0.2) is 53.6 Å². The zero-order chi connectivity index (χ0) is 24.6. The summed E-state index contributed by atoms with van der Waals surface area (Å²) in [4.78, 5) is 29.4. The summed E-state index contributed by atoms with van der Waals surface area (Å²) in [5.74, 6) is -0.0631. The summed E-state index contributed by atoms with van der Waals surface area (Å²) in [6, 6.07) is 16.2. The van der Waals surface area contributed by atoms with Crippen molar-refractivity contribution in [1.29, 1.82) is 0 Å². The molecule has 0 spiro atoms. The maximum Gasteiger partial charge on any atom is 0.243 e. The van der Waals surface area contributed by atoms with E-state index in [1.165, 1.54) is 16.3 Å². The van der Waals surface area contributed by atoms with Crippen LogP contribution >= 0.6 is 11.6 Å². The number of aryl methyl sites for hydroxylation is 1. The molecule has 186 valence electrons.